The lowest BCUT2D eigenvalue weighted by molar-refractivity contribution is -0.0656. The van der Waals surface area contributed by atoms with Crippen LogP contribution >= 0.6 is 0 Å². The maximum atomic E-state index is 6.67. The summed E-state index contributed by atoms with van der Waals surface area (Å²) in [5, 5.41) is 3.47. The lowest BCUT2D eigenvalue weighted by Gasteiger charge is -2.58. The molecule has 4 aliphatic rings. The zero-order valence-corrected chi connectivity index (χ0v) is 11.4. The van der Waals surface area contributed by atoms with Crippen LogP contribution in [0.4, 0.5) is 0 Å². The molecule has 4 aliphatic carbocycles. The van der Waals surface area contributed by atoms with Crippen LogP contribution in [0.15, 0.2) is 0 Å². The van der Waals surface area contributed by atoms with Gasteiger partial charge in [-0.25, -0.2) is 0 Å². The molecule has 0 aromatic rings. The molecule has 17 heavy (non-hydrogen) atoms. The molecule has 4 bridgehead atoms. The van der Waals surface area contributed by atoms with E-state index in [-0.39, 0.29) is 5.54 Å². The number of nitrogens with one attached hydrogen (secondary N) is 1. The molecule has 0 saturated heterocycles. The summed E-state index contributed by atoms with van der Waals surface area (Å²) < 4.78 is 0. The maximum absolute atomic E-state index is 6.67. The van der Waals surface area contributed by atoms with Crippen LogP contribution in [-0.2, 0) is 0 Å². The SMILES string of the molecule is CCNCC(C)(N)C1C2CC3CC(C2)CC1C3. The van der Waals surface area contributed by atoms with Gasteiger partial charge in [0.15, 0.2) is 0 Å². The molecule has 0 heterocycles. The molecule has 2 nitrogen and oxygen atoms in total. The van der Waals surface area contributed by atoms with E-state index >= 15 is 0 Å². The average Bonchev–Trinajstić information content (AvgIpc) is 2.24. The van der Waals surface area contributed by atoms with E-state index in [0.29, 0.717) is 0 Å². The van der Waals surface area contributed by atoms with Gasteiger partial charge in [-0.2, -0.15) is 0 Å². The molecule has 0 spiro atoms. The predicted molar refractivity (Wildman–Crippen MR) is 71.7 cm³/mol. The fraction of sp³-hybridized carbons (Fsp3) is 1.00. The predicted octanol–water partition coefficient (Wildman–Crippen LogP) is 2.39. The summed E-state index contributed by atoms with van der Waals surface area (Å²) in [5.74, 6) is 4.79. The molecular weight excluding hydrogens is 208 g/mol. The van der Waals surface area contributed by atoms with Crippen molar-refractivity contribution in [2.24, 2.45) is 35.3 Å². The van der Waals surface area contributed by atoms with Crippen LogP contribution in [0.5, 0.6) is 0 Å². The molecule has 0 aliphatic heterocycles. The molecule has 98 valence electrons. The minimum Gasteiger partial charge on any atom is -0.324 e. The van der Waals surface area contributed by atoms with Gasteiger partial charge in [0.2, 0.25) is 0 Å². The first-order chi connectivity index (χ1) is 8.10. The Balaban J connectivity index is 1.74. The van der Waals surface area contributed by atoms with Crippen molar-refractivity contribution in [2.75, 3.05) is 13.1 Å². The molecule has 1 unspecified atom stereocenters. The van der Waals surface area contributed by atoms with Crippen molar-refractivity contribution < 1.29 is 0 Å². The molecular formula is C15H28N2. The molecule has 1 atom stereocenters. The van der Waals surface area contributed by atoms with Crippen LogP contribution in [0, 0.1) is 29.6 Å². The van der Waals surface area contributed by atoms with E-state index in [1.165, 1.54) is 32.1 Å². The summed E-state index contributed by atoms with van der Waals surface area (Å²) >= 11 is 0. The quantitative estimate of drug-likeness (QED) is 0.786. The maximum Gasteiger partial charge on any atom is 0.0286 e. The van der Waals surface area contributed by atoms with Gasteiger partial charge in [-0.3, -0.25) is 0 Å². The number of likely N-dealkylation sites (N-methyl/N-ethyl adjacent to an activating group) is 1. The van der Waals surface area contributed by atoms with Crippen molar-refractivity contribution in [3.63, 3.8) is 0 Å². The summed E-state index contributed by atoms with van der Waals surface area (Å²) in [6.07, 6.45) is 7.47. The molecule has 3 N–H and O–H groups in total. The van der Waals surface area contributed by atoms with Crippen molar-refractivity contribution in [2.45, 2.75) is 51.5 Å². The van der Waals surface area contributed by atoms with E-state index in [1.807, 2.05) is 0 Å². The van der Waals surface area contributed by atoms with Gasteiger partial charge in [-0.05, 0) is 75.2 Å². The fourth-order valence-corrected chi connectivity index (χ4v) is 5.51. The molecule has 4 fully saturated rings. The van der Waals surface area contributed by atoms with E-state index in [0.717, 1.165) is 42.7 Å². The van der Waals surface area contributed by atoms with Gasteiger partial charge >= 0.3 is 0 Å². The average molecular weight is 236 g/mol. The summed E-state index contributed by atoms with van der Waals surface area (Å²) in [7, 11) is 0. The minimum absolute atomic E-state index is 0.0125. The van der Waals surface area contributed by atoms with E-state index in [4.69, 9.17) is 5.73 Å². The highest BCUT2D eigenvalue weighted by atomic mass is 14.9. The second-order valence-corrected chi connectivity index (χ2v) is 7.24. The molecule has 0 radical (unpaired) electrons. The Labute approximate surface area is 106 Å². The topological polar surface area (TPSA) is 38.0 Å². The van der Waals surface area contributed by atoms with E-state index in [1.54, 1.807) is 0 Å². The van der Waals surface area contributed by atoms with Crippen molar-refractivity contribution in [1.29, 1.82) is 0 Å². The first-order valence-electron chi connectivity index (χ1n) is 7.59. The number of rotatable bonds is 4. The monoisotopic (exact) mass is 236 g/mol. The Hall–Kier alpha value is -0.0800. The Morgan fingerprint density at radius 1 is 1.06 bits per heavy atom. The third kappa shape index (κ3) is 2.04. The van der Waals surface area contributed by atoms with Crippen LogP contribution in [0.25, 0.3) is 0 Å². The van der Waals surface area contributed by atoms with Gasteiger partial charge in [0, 0.05) is 12.1 Å². The zero-order valence-electron chi connectivity index (χ0n) is 11.4. The summed E-state index contributed by atoms with van der Waals surface area (Å²) in [6, 6.07) is 0. The molecule has 0 aromatic heterocycles. The first-order valence-corrected chi connectivity index (χ1v) is 7.59. The largest absolute Gasteiger partial charge is 0.324 e. The van der Waals surface area contributed by atoms with Crippen molar-refractivity contribution in [1.82, 2.24) is 5.32 Å². The Morgan fingerprint density at radius 2 is 1.59 bits per heavy atom. The Morgan fingerprint density at radius 3 is 2.06 bits per heavy atom. The molecule has 2 heteroatoms. The second-order valence-electron chi connectivity index (χ2n) is 7.24. The van der Waals surface area contributed by atoms with Crippen LogP contribution in [0.1, 0.15) is 46.0 Å². The van der Waals surface area contributed by atoms with Gasteiger partial charge < -0.3 is 11.1 Å². The van der Waals surface area contributed by atoms with Gasteiger partial charge in [0.1, 0.15) is 0 Å². The van der Waals surface area contributed by atoms with E-state index < -0.39 is 0 Å². The zero-order chi connectivity index (χ0) is 12.0. The first kappa shape index (κ1) is 12.0. The lowest BCUT2D eigenvalue weighted by Crippen LogP contribution is -2.61. The standard InChI is InChI=1S/C15H28N2/c1-3-17-9-15(2,16)14-12-5-10-4-11(7-12)8-13(14)6-10/h10-14,17H,3-9,16H2,1-2H3. The van der Waals surface area contributed by atoms with Crippen LogP contribution < -0.4 is 11.1 Å². The fourth-order valence-electron chi connectivity index (χ4n) is 5.51. The molecule has 0 amide bonds. The molecule has 4 rings (SSSR count). The highest BCUT2D eigenvalue weighted by molar-refractivity contribution is 5.05. The van der Waals surface area contributed by atoms with Crippen molar-refractivity contribution in [3.05, 3.63) is 0 Å². The van der Waals surface area contributed by atoms with Gasteiger partial charge in [0.05, 0.1) is 0 Å². The van der Waals surface area contributed by atoms with E-state index in [9.17, 15) is 0 Å². The lowest BCUT2D eigenvalue weighted by atomic mass is 9.48. The number of nitrogens with two attached hydrogens (primary N) is 1. The normalized spacial score (nSPS) is 47.1. The second kappa shape index (κ2) is 4.24. The van der Waals surface area contributed by atoms with Crippen LogP contribution in [0.2, 0.25) is 0 Å². The smallest absolute Gasteiger partial charge is 0.0286 e. The van der Waals surface area contributed by atoms with Crippen molar-refractivity contribution >= 4 is 0 Å². The summed E-state index contributed by atoms with van der Waals surface area (Å²) in [4.78, 5) is 0. The Bertz CT molecular complexity index is 257. The summed E-state index contributed by atoms with van der Waals surface area (Å²) in [5.41, 5.74) is 6.68. The summed E-state index contributed by atoms with van der Waals surface area (Å²) in [6.45, 7) is 6.51. The van der Waals surface area contributed by atoms with Gasteiger partial charge in [-0.15, -0.1) is 0 Å². The molecule has 4 saturated carbocycles. The molecule has 0 aromatic carbocycles. The van der Waals surface area contributed by atoms with Gasteiger partial charge in [0.25, 0.3) is 0 Å². The minimum atomic E-state index is 0.0125. The van der Waals surface area contributed by atoms with Gasteiger partial charge in [-0.1, -0.05) is 6.92 Å². The van der Waals surface area contributed by atoms with Crippen LogP contribution in [-0.4, -0.2) is 18.6 Å². The third-order valence-corrected chi connectivity index (χ3v) is 5.74. The Kier molecular flexibility index (Phi) is 2.99. The highest BCUT2D eigenvalue weighted by Gasteiger charge is 2.52. The van der Waals surface area contributed by atoms with E-state index in [2.05, 4.69) is 19.2 Å². The number of hydrogen-bond donors (Lipinski definition) is 2. The number of hydrogen-bond acceptors (Lipinski definition) is 2. The van der Waals surface area contributed by atoms with Crippen molar-refractivity contribution in [3.8, 4) is 0 Å². The van der Waals surface area contributed by atoms with Crippen LogP contribution in [0.3, 0.4) is 0 Å². The third-order valence-electron chi connectivity index (χ3n) is 5.74. The highest BCUT2D eigenvalue weighted by Crippen LogP contribution is 2.58.